The molecule has 0 spiro atoms. The Balaban J connectivity index is 3.26. The summed E-state index contributed by atoms with van der Waals surface area (Å²) in [6.07, 6.45) is 17.8. The summed E-state index contributed by atoms with van der Waals surface area (Å²) in [5.41, 5.74) is 0. The highest BCUT2D eigenvalue weighted by Crippen LogP contribution is 2.07. The summed E-state index contributed by atoms with van der Waals surface area (Å²) in [5.74, 6) is 6.21. The monoisotopic (exact) mass is 292 g/mol. The fraction of sp³-hybridized carbons (Fsp3) is 0.737. The van der Waals surface area contributed by atoms with Gasteiger partial charge in [0.15, 0.2) is 0 Å². The fourth-order valence-corrected chi connectivity index (χ4v) is 2.08. The van der Waals surface area contributed by atoms with Crippen LogP contribution >= 0.6 is 0 Å². The third-order valence-electron chi connectivity index (χ3n) is 3.44. The Morgan fingerprint density at radius 1 is 1.00 bits per heavy atom. The molecule has 0 aliphatic heterocycles. The van der Waals surface area contributed by atoms with Crippen LogP contribution in [0, 0.1) is 11.8 Å². The topological polar surface area (TPSA) is 26.3 Å². The molecule has 120 valence electrons. The molecule has 0 aromatic rings. The first-order valence-corrected chi connectivity index (χ1v) is 8.51. The Labute approximate surface area is 131 Å². The number of ether oxygens (including phenoxy) is 1. The van der Waals surface area contributed by atoms with Crippen molar-refractivity contribution in [2.75, 3.05) is 7.11 Å². The molecule has 2 nitrogen and oxygen atoms in total. The van der Waals surface area contributed by atoms with Crippen LogP contribution in [-0.4, -0.2) is 13.1 Å². The van der Waals surface area contributed by atoms with Crippen molar-refractivity contribution >= 4 is 5.97 Å². The van der Waals surface area contributed by atoms with Gasteiger partial charge in [-0.3, -0.25) is 4.79 Å². The molecule has 0 aromatic carbocycles. The van der Waals surface area contributed by atoms with Gasteiger partial charge in [-0.2, -0.15) is 0 Å². The predicted molar refractivity (Wildman–Crippen MR) is 90.0 cm³/mol. The average molecular weight is 292 g/mol. The molecule has 2 heteroatoms. The number of hydrogen-bond donors (Lipinski definition) is 0. The standard InChI is InChI=1S/C19H32O2/c1-3-4-5-6-7-8-9-10-11-12-13-14-15-16-17-18-19(20)21-2/h8-9H,3-7,12-18H2,1-2H3/b9-8+. The summed E-state index contributed by atoms with van der Waals surface area (Å²) in [6, 6.07) is 0. The number of hydrogen-bond acceptors (Lipinski definition) is 2. The molecular weight excluding hydrogens is 260 g/mol. The van der Waals surface area contributed by atoms with Gasteiger partial charge in [0.1, 0.15) is 0 Å². The Bertz CT molecular complexity index is 320. The van der Waals surface area contributed by atoms with Crippen molar-refractivity contribution in [2.45, 2.75) is 84.0 Å². The second kappa shape index (κ2) is 16.8. The minimum atomic E-state index is -0.0950. The lowest BCUT2D eigenvalue weighted by Crippen LogP contribution is -1.99. The van der Waals surface area contributed by atoms with Crippen molar-refractivity contribution in [3.8, 4) is 11.8 Å². The van der Waals surface area contributed by atoms with E-state index in [1.807, 2.05) is 6.08 Å². The molecule has 0 rings (SSSR count). The highest BCUT2D eigenvalue weighted by Gasteiger charge is 1.98. The van der Waals surface area contributed by atoms with E-state index in [0.29, 0.717) is 6.42 Å². The highest BCUT2D eigenvalue weighted by atomic mass is 16.5. The summed E-state index contributed by atoms with van der Waals surface area (Å²) in [4.78, 5) is 10.9. The van der Waals surface area contributed by atoms with Crippen molar-refractivity contribution in [1.29, 1.82) is 0 Å². The maximum atomic E-state index is 10.9. The van der Waals surface area contributed by atoms with Crippen molar-refractivity contribution in [3.63, 3.8) is 0 Å². The van der Waals surface area contributed by atoms with Gasteiger partial charge in [0, 0.05) is 12.8 Å². The van der Waals surface area contributed by atoms with Gasteiger partial charge in [-0.1, -0.05) is 63.4 Å². The average Bonchev–Trinajstić information content (AvgIpc) is 2.50. The van der Waals surface area contributed by atoms with Crippen LogP contribution in [-0.2, 0) is 9.53 Å². The molecule has 0 fully saturated rings. The van der Waals surface area contributed by atoms with Crippen LogP contribution in [0.25, 0.3) is 0 Å². The first kappa shape index (κ1) is 19.8. The molecule has 0 N–H and O–H groups in total. The zero-order valence-corrected chi connectivity index (χ0v) is 14.0. The highest BCUT2D eigenvalue weighted by molar-refractivity contribution is 5.68. The zero-order chi connectivity index (χ0) is 15.6. The molecule has 21 heavy (non-hydrogen) atoms. The lowest BCUT2D eigenvalue weighted by atomic mass is 10.1. The van der Waals surface area contributed by atoms with Gasteiger partial charge in [0.2, 0.25) is 0 Å². The number of carbonyl (C=O) groups is 1. The summed E-state index contributed by atoms with van der Waals surface area (Å²) in [5, 5.41) is 0. The number of carbonyl (C=O) groups excluding carboxylic acids is 1. The van der Waals surface area contributed by atoms with Crippen LogP contribution in [0.1, 0.15) is 84.0 Å². The Kier molecular flexibility index (Phi) is 15.8. The number of unbranched alkanes of at least 4 members (excludes halogenated alkanes) is 9. The quantitative estimate of drug-likeness (QED) is 0.273. The van der Waals surface area contributed by atoms with Crippen molar-refractivity contribution < 1.29 is 9.53 Å². The van der Waals surface area contributed by atoms with Crippen LogP contribution in [0.15, 0.2) is 12.2 Å². The third-order valence-corrected chi connectivity index (χ3v) is 3.44. The molecule has 0 aliphatic rings. The summed E-state index contributed by atoms with van der Waals surface area (Å²) < 4.78 is 4.61. The van der Waals surface area contributed by atoms with Crippen molar-refractivity contribution in [1.82, 2.24) is 0 Å². The molecular formula is C19H32O2. The SMILES string of the molecule is CCCCCC/C=C/C#CCCCCCCCC(=O)OC. The van der Waals surface area contributed by atoms with Crippen molar-refractivity contribution in [3.05, 3.63) is 12.2 Å². The van der Waals surface area contributed by atoms with E-state index >= 15 is 0 Å². The first-order chi connectivity index (χ1) is 10.3. The molecule has 0 atom stereocenters. The number of methoxy groups -OCH3 is 1. The van der Waals surface area contributed by atoms with Crippen LogP contribution in [0.3, 0.4) is 0 Å². The van der Waals surface area contributed by atoms with E-state index in [4.69, 9.17) is 0 Å². The van der Waals surface area contributed by atoms with Crippen LogP contribution in [0.4, 0.5) is 0 Å². The lowest BCUT2D eigenvalue weighted by molar-refractivity contribution is -0.140. The molecule has 0 radical (unpaired) electrons. The zero-order valence-electron chi connectivity index (χ0n) is 14.0. The van der Waals surface area contributed by atoms with Gasteiger partial charge in [0.05, 0.1) is 7.11 Å². The van der Waals surface area contributed by atoms with E-state index < -0.39 is 0 Å². The number of rotatable bonds is 12. The maximum Gasteiger partial charge on any atom is 0.305 e. The summed E-state index contributed by atoms with van der Waals surface area (Å²) in [6.45, 7) is 2.24. The maximum absolute atomic E-state index is 10.9. The van der Waals surface area contributed by atoms with E-state index in [1.54, 1.807) is 0 Å². The number of esters is 1. The fourth-order valence-electron chi connectivity index (χ4n) is 2.08. The molecule has 0 amide bonds. The lowest BCUT2D eigenvalue weighted by Gasteiger charge is -1.99. The molecule has 0 aliphatic carbocycles. The molecule has 0 saturated heterocycles. The van der Waals surface area contributed by atoms with Gasteiger partial charge in [-0.25, -0.2) is 0 Å². The second-order valence-corrected chi connectivity index (χ2v) is 5.42. The minimum absolute atomic E-state index is 0.0950. The van der Waals surface area contributed by atoms with Gasteiger partial charge in [-0.15, -0.1) is 0 Å². The van der Waals surface area contributed by atoms with Crippen molar-refractivity contribution in [2.24, 2.45) is 0 Å². The van der Waals surface area contributed by atoms with Crippen LogP contribution in [0.2, 0.25) is 0 Å². The van der Waals surface area contributed by atoms with Crippen LogP contribution in [0.5, 0.6) is 0 Å². The largest absolute Gasteiger partial charge is 0.469 e. The normalized spacial score (nSPS) is 10.4. The van der Waals surface area contributed by atoms with Crippen LogP contribution < -0.4 is 0 Å². The van der Waals surface area contributed by atoms with Gasteiger partial charge in [0.25, 0.3) is 0 Å². The van der Waals surface area contributed by atoms with E-state index in [2.05, 4.69) is 29.6 Å². The molecule has 0 saturated carbocycles. The first-order valence-electron chi connectivity index (χ1n) is 8.51. The third kappa shape index (κ3) is 16.7. The Morgan fingerprint density at radius 2 is 1.71 bits per heavy atom. The molecule has 0 heterocycles. The van der Waals surface area contributed by atoms with E-state index in [1.165, 1.54) is 45.6 Å². The van der Waals surface area contributed by atoms with E-state index in [9.17, 15) is 4.79 Å². The Hall–Kier alpha value is -1.23. The number of allylic oxidation sites excluding steroid dienone is 2. The molecule has 0 unspecified atom stereocenters. The van der Waals surface area contributed by atoms with Gasteiger partial charge in [-0.05, 0) is 31.8 Å². The predicted octanol–water partition coefficient (Wildman–Crippen LogP) is 5.42. The Morgan fingerprint density at radius 3 is 2.48 bits per heavy atom. The van der Waals surface area contributed by atoms with E-state index in [0.717, 1.165) is 32.1 Å². The minimum Gasteiger partial charge on any atom is -0.469 e. The summed E-state index contributed by atoms with van der Waals surface area (Å²) >= 11 is 0. The molecule has 0 bridgehead atoms. The molecule has 0 aromatic heterocycles. The van der Waals surface area contributed by atoms with E-state index in [-0.39, 0.29) is 5.97 Å². The van der Waals surface area contributed by atoms with Gasteiger partial charge < -0.3 is 4.74 Å². The summed E-state index contributed by atoms with van der Waals surface area (Å²) in [7, 11) is 1.45. The smallest absolute Gasteiger partial charge is 0.305 e. The second-order valence-electron chi connectivity index (χ2n) is 5.42. The van der Waals surface area contributed by atoms with Gasteiger partial charge >= 0.3 is 5.97 Å².